The third kappa shape index (κ3) is 2.35. The van der Waals surface area contributed by atoms with Crippen LogP contribution in [0.2, 0.25) is 0 Å². The van der Waals surface area contributed by atoms with Gasteiger partial charge in [0.15, 0.2) is 0 Å². The highest BCUT2D eigenvalue weighted by Gasteiger charge is 2.21. The number of hydrogen-bond donors (Lipinski definition) is 0. The summed E-state index contributed by atoms with van der Waals surface area (Å²) < 4.78 is 15.3. The van der Waals surface area contributed by atoms with Crippen LogP contribution in [0.3, 0.4) is 0 Å². The fourth-order valence-corrected chi connectivity index (χ4v) is 4.28. The monoisotopic (exact) mass is 382 g/mol. The minimum atomic E-state index is -0.482. The zero-order valence-corrected chi connectivity index (χ0v) is 12.6. The molecule has 0 spiro atoms. The molecule has 1 atom stereocenters. The van der Waals surface area contributed by atoms with Gasteiger partial charge in [0.05, 0.1) is 5.38 Å². The van der Waals surface area contributed by atoms with Crippen LogP contribution in [0, 0.1) is 5.82 Å². The predicted molar refractivity (Wildman–Crippen MR) is 73.8 cm³/mol. The minimum absolute atomic E-state index is 0.297. The maximum absolute atomic E-state index is 13.7. The second-order valence-corrected chi connectivity index (χ2v) is 6.22. The van der Waals surface area contributed by atoms with Gasteiger partial charge in [-0.25, -0.2) is 4.39 Å². The molecule has 0 amide bonds. The van der Waals surface area contributed by atoms with Crippen LogP contribution >= 0.6 is 54.8 Å². The smallest absolute Gasteiger partial charge is 0.129 e. The molecule has 2 aromatic rings. The molecule has 1 aromatic heterocycles. The topological polar surface area (TPSA) is 0 Å². The lowest BCUT2D eigenvalue weighted by molar-refractivity contribution is 0.611. The predicted octanol–water partition coefficient (Wildman–Crippen LogP) is 5.74. The van der Waals surface area contributed by atoms with E-state index in [1.807, 2.05) is 11.4 Å². The molecule has 5 heteroatoms. The number of rotatable bonds is 2. The van der Waals surface area contributed by atoms with Crippen molar-refractivity contribution in [3.63, 3.8) is 0 Å². The van der Waals surface area contributed by atoms with Crippen molar-refractivity contribution in [1.82, 2.24) is 0 Å². The van der Waals surface area contributed by atoms with E-state index in [4.69, 9.17) is 11.6 Å². The minimum Gasteiger partial charge on any atom is -0.207 e. The van der Waals surface area contributed by atoms with Gasteiger partial charge in [0.2, 0.25) is 0 Å². The Balaban J connectivity index is 2.49. The summed E-state index contributed by atoms with van der Waals surface area (Å²) in [7, 11) is 0. The molecule has 0 aliphatic heterocycles. The molecule has 0 radical (unpaired) electrons. The van der Waals surface area contributed by atoms with E-state index in [0.29, 0.717) is 10.0 Å². The largest absolute Gasteiger partial charge is 0.207 e. The first kappa shape index (κ1) is 12.6. The fraction of sp³-hybridized carbons (Fsp3) is 0.0909. The molecule has 0 bridgehead atoms. The van der Waals surface area contributed by atoms with Gasteiger partial charge in [-0.2, -0.15) is 0 Å². The maximum atomic E-state index is 13.7. The van der Waals surface area contributed by atoms with Crippen LogP contribution in [-0.2, 0) is 0 Å². The molecule has 0 aliphatic rings. The van der Waals surface area contributed by atoms with Crippen LogP contribution in [0.15, 0.2) is 38.6 Å². The molecule has 1 unspecified atom stereocenters. The molecule has 1 heterocycles. The summed E-state index contributed by atoms with van der Waals surface area (Å²) in [5.74, 6) is -0.297. The Labute approximate surface area is 119 Å². The molecular weight excluding hydrogens is 378 g/mol. The first-order valence-electron chi connectivity index (χ1n) is 4.42. The van der Waals surface area contributed by atoms with Gasteiger partial charge in [0, 0.05) is 19.4 Å². The van der Waals surface area contributed by atoms with Crippen LogP contribution in [0.4, 0.5) is 4.39 Å². The lowest BCUT2D eigenvalue weighted by Gasteiger charge is -2.11. The molecule has 2 rings (SSSR count). The second kappa shape index (κ2) is 5.17. The second-order valence-electron chi connectivity index (χ2n) is 3.13. The van der Waals surface area contributed by atoms with Crippen molar-refractivity contribution in [2.45, 2.75) is 5.38 Å². The van der Waals surface area contributed by atoms with Crippen molar-refractivity contribution in [2.24, 2.45) is 0 Å². The highest BCUT2D eigenvalue weighted by atomic mass is 79.9. The van der Waals surface area contributed by atoms with Crippen molar-refractivity contribution in [3.05, 3.63) is 54.8 Å². The molecular formula is C11H6Br2ClFS. The van der Waals surface area contributed by atoms with Crippen LogP contribution in [0.25, 0.3) is 0 Å². The van der Waals surface area contributed by atoms with E-state index in [1.54, 1.807) is 12.1 Å². The van der Waals surface area contributed by atoms with E-state index in [-0.39, 0.29) is 5.82 Å². The molecule has 1 aromatic carbocycles. The number of thiophene rings is 1. The van der Waals surface area contributed by atoms with Gasteiger partial charge in [0.1, 0.15) is 5.82 Å². The Morgan fingerprint density at radius 1 is 1.19 bits per heavy atom. The Morgan fingerprint density at radius 2 is 1.94 bits per heavy atom. The highest BCUT2D eigenvalue weighted by molar-refractivity contribution is 9.10. The number of benzene rings is 1. The van der Waals surface area contributed by atoms with Crippen LogP contribution in [0.5, 0.6) is 0 Å². The highest BCUT2D eigenvalue weighted by Crippen LogP contribution is 2.41. The average molecular weight is 384 g/mol. The summed E-state index contributed by atoms with van der Waals surface area (Å²) >= 11 is 14.5. The van der Waals surface area contributed by atoms with E-state index in [9.17, 15) is 4.39 Å². The molecule has 0 nitrogen and oxygen atoms in total. The number of halogens is 4. The lowest BCUT2D eigenvalue weighted by atomic mass is 10.1. The van der Waals surface area contributed by atoms with Crippen molar-refractivity contribution in [1.29, 1.82) is 0 Å². The van der Waals surface area contributed by atoms with Crippen LogP contribution in [0.1, 0.15) is 15.8 Å². The number of hydrogen-bond acceptors (Lipinski definition) is 1. The third-order valence-electron chi connectivity index (χ3n) is 2.13. The zero-order valence-electron chi connectivity index (χ0n) is 7.88. The average Bonchev–Trinajstić information content (AvgIpc) is 2.64. The summed E-state index contributed by atoms with van der Waals surface area (Å²) in [6, 6.07) is 6.76. The van der Waals surface area contributed by atoms with Gasteiger partial charge >= 0.3 is 0 Å². The Bertz CT molecular complexity index is 492. The van der Waals surface area contributed by atoms with E-state index in [0.717, 1.165) is 9.35 Å². The summed E-state index contributed by atoms with van der Waals surface area (Å²) in [4.78, 5) is 0.910. The Hall–Kier alpha value is 0.1000. The fourth-order valence-electron chi connectivity index (χ4n) is 1.37. The van der Waals surface area contributed by atoms with Crippen LogP contribution < -0.4 is 0 Å². The normalized spacial score (nSPS) is 12.8. The summed E-state index contributed by atoms with van der Waals surface area (Å²) in [6.45, 7) is 0. The van der Waals surface area contributed by atoms with Gasteiger partial charge in [-0.3, -0.25) is 0 Å². The molecule has 0 fully saturated rings. The lowest BCUT2D eigenvalue weighted by Crippen LogP contribution is -1.96. The third-order valence-corrected chi connectivity index (χ3v) is 5.32. The quantitative estimate of drug-likeness (QED) is 0.579. The van der Waals surface area contributed by atoms with Gasteiger partial charge in [-0.15, -0.1) is 22.9 Å². The summed E-state index contributed by atoms with van der Waals surface area (Å²) in [6.07, 6.45) is 0. The first-order valence-corrected chi connectivity index (χ1v) is 7.32. The SMILES string of the molecule is Fc1cccc(Br)c1C(Cl)c1sccc1Br. The standard InChI is InChI=1S/C11H6Br2ClFS/c12-6-2-1-3-8(15)9(6)10(14)11-7(13)4-5-16-11/h1-5,10H. The molecule has 0 saturated heterocycles. The Morgan fingerprint density at radius 3 is 2.50 bits per heavy atom. The van der Waals surface area contributed by atoms with Crippen LogP contribution in [-0.4, -0.2) is 0 Å². The van der Waals surface area contributed by atoms with Crippen molar-refractivity contribution in [2.75, 3.05) is 0 Å². The van der Waals surface area contributed by atoms with Gasteiger partial charge in [-0.05, 0) is 39.5 Å². The summed E-state index contributed by atoms with van der Waals surface area (Å²) in [5.41, 5.74) is 0.479. The van der Waals surface area contributed by atoms with Gasteiger partial charge < -0.3 is 0 Å². The van der Waals surface area contributed by atoms with Crippen molar-refractivity contribution in [3.8, 4) is 0 Å². The van der Waals surface area contributed by atoms with E-state index in [1.165, 1.54) is 17.4 Å². The molecule has 0 aliphatic carbocycles. The first-order chi connectivity index (χ1) is 7.61. The van der Waals surface area contributed by atoms with Gasteiger partial charge in [-0.1, -0.05) is 22.0 Å². The Kier molecular flexibility index (Phi) is 4.06. The van der Waals surface area contributed by atoms with Gasteiger partial charge in [0.25, 0.3) is 0 Å². The molecule has 16 heavy (non-hydrogen) atoms. The van der Waals surface area contributed by atoms with E-state index < -0.39 is 5.38 Å². The zero-order chi connectivity index (χ0) is 11.7. The van der Waals surface area contributed by atoms with E-state index >= 15 is 0 Å². The maximum Gasteiger partial charge on any atom is 0.129 e. The van der Waals surface area contributed by atoms with E-state index in [2.05, 4.69) is 31.9 Å². The van der Waals surface area contributed by atoms with Crippen molar-refractivity contribution >= 4 is 54.8 Å². The number of alkyl halides is 1. The molecule has 0 N–H and O–H groups in total. The molecule has 84 valence electrons. The summed E-state index contributed by atoms with van der Waals surface area (Å²) in [5, 5.41) is 1.44. The van der Waals surface area contributed by atoms with Crippen molar-refractivity contribution < 1.29 is 4.39 Å². The molecule has 0 saturated carbocycles.